The SMILES string of the molecule is CCOCC.O=C(Oc1ccc2ccccc2n1)C(F)(F)F. The van der Waals surface area contributed by atoms with E-state index in [0.717, 1.165) is 18.6 Å². The number of carbonyl (C=O) groups excluding carboxylic acids is 1. The van der Waals surface area contributed by atoms with Crippen LogP contribution in [0.2, 0.25) is 0 Å². The number of fused-ring (bicyclic) bond motifs is 1. The Hall–Kier alpha value is -2.15. The molecule has 0 unspecified atom stereocenters. The summed E-state index contributed by atoms with van der Waals surface area (Å²) in [5.41, 5.74) is 0.458. The highest BCUT2D eigenvalue weighted by atomic mass is 19.4. The number of esters is 1. The number of carbonyl (C=O) groups is 1. The van der Waals surface area contributed by atoms with Crippen LogP contribution in [0, 0.1) is 0 Å². The molecule has 1 aromatic heterocycles. The Morgan fingerprint density at radius 3 is 2.27 bits per heavy atom. The van der Waals surface area contributed by atoms with Gasteiger partial charge in [0.2, 0.25) is 5.88 Å². The van der Waals surface area contributed by atoms with E-state index in [1.165, 1.54) is 12.1 Å². The second kappa shape index (κ2) is 8.33. The highest BCUT2D eigenvalue weighted by Crippen LogP contribution is 2.20. The molecule has 4 nitrogen and oxygen atoms in total. The molecule has 0 aliphatic heterocycles. The molecule has 0 saturated heterocycles. The van der Waals surface area contributed by atoms with Crippen molar-refractivity contribution in [1.29, 1.82) is 0 Å². The molecular weight excluding hydrogens is 299 g/mol. The Morgan fingerprint density at radius 2 is 1.73 bits per heavy atom. The number of benzene rings is 1. The molecule has 2 aromatic rings. The molecule has 120 valence electrons. The molecule has 0 fully saturated rings. The fourth-order valence-corrected chi connectivity index (χ4v) is 1.46. The minimum atomic E-state index is -5.02. The number of nitrogens with zero attached hydrogens (tertiary/aromatic N) is 1. The normalized spacial score (nSPS) is 10.8. The predicted molar refractivity (Wildman–Crippen MR) is 75.6 cm³/mol. The number of halogens is 3. The number of para-hydroxylation sites is 1. The highest BCUT2D eigenvalue weighted by molar-refractivity contribution is 5.81. The fraction of sp³-hybridized carbons (Fsp3) is 0.333. The largest absolute Gasteiger partial charge is 0.491 e. The molecule has 0 aliphatic rings. The molecule has 0 aliphatic carbocycles. The van der Waals surface area contributed by atoms with E-state index in [9.17, 15) is 18.0 Å². The number of aromatic nitrogens is 1. The van der Waals surface area contributed by atoms with Crippen molar-refractivity contribution in [3.8, 4) is 5.88 Å². The van der Waals surface area contributed by atoms with Gasteiger partial charge in [0.25, 0.3) is 0 Å². The van der Waals surface area contributed by atoms with E-state index in [4.69, 9.17) is 4.74 Å². The standard InChI is InChI=1S/C11H6F3NO2.C4H10O/c12-11(13,14)10(16)17-9-6-5-7-3-1-2-4-8(7)15-9;1-3-5-4-2/h1-6H;3-4H2,1-2H3. The Bertz CT molecular complexity index is 612. The van der Waals surface area contributed by atoms with Gasteiger partial charge in [0, 0.05) is 24.7 Å². The second-order valence-electron chi connectivity index (χ2n) is 4.01. The van der Waals surface area contributed by atoms with E-state index >= 15 is 0 Å². The van der Waals surface area contributed by atoms with Gasteiger partial charge in [0.1, 0.15) is 0 Å². The highest BCUT2D eigenvalue weighted by Gasteiger charge is 2.41. The fourth-order valence-electron chi connectivity index (χ4n) is 1.46. The van der Waals surface area contributed by atoms with Crippen molar-refractivity contribution in [2.24, 2.45) is 0 Å². The van der Waals surface area contributed by atoms with Gasteiger partial charge < -0.3 is 9.47 Å². The maximum atomic E-state index is 11.9. The lowest BCUT2D eigenvalue weighted by molar-refractivity contribution is -0.189. The lowest BCUT2D eigenvalue weighted by Crippen LogP contribution is -2.28. The quantitative estimate of drug-likeness (QED) is 0.810. The lowest BCUT2D eigenvalue weighted by atomic mass is 10.2. The van der Waals surface area contributed by atoms with Crippen LogP contribution in [-0.4, -0.2) is 30.3 Å². The molecule has 2 rings (SSSR count). The van der Waals surface area contributed by atoms with Gasteiger partial charge in [-0.3, -0.25) is 0 Å². The van der Waals surface area contributed by atoms with Gasteiger partial charge in [0.15, 0.2) is 0 Å². The minimum absolute atomic E-state index is 0.369. The third kappa shape index (κ3) is 5.69. The Labute approximate surface area is 125 Å². The molecule has 0 spiro atoms. The summed E-state index contributed by atoms with van der Waals surface area (Å²) in [6.07, 6.45) is -5.02. The topological polar surface area (TPSA) is 48.4 Å². The molecule has 0 atom stereocenters. The molecule has 0 radical (unpaired) electrons. The summed E-state index contributed by atoms with van der Waals surface area (Å²) in [7, 11) is 0. The van der Waals surface area contributed by atoms with E-state index in [1.807, 2.05) is 13.8 Å². The van der Waals surface area contributed by atoms with Gasteiger partial charge in [-0.15, -0.1) is 0 Å². The van der Waals surface area contributed by atoms with Gasteiger partial charge in [-0.25, -0.2) is 9.78 Å². The maximum Gasteiger partial charge on any atom is 0.491 e. The second-order valence-corrected chi connectivity index (χ2v) is 4.01. The summed E-state index contributed by atoms with van der Waals surface area (Å²) in [6.45, 7) is 5.67. The van der Waals surface area contributed by atoms with Gasteiger partial charge >= 0.3 is 12.1 Å². The number of pyridine rings is 1. The zero-order valence-electron chi connectivity index (χ0n) is 12.2. The van der Waals surface area contributed by atoms with Crippen LogP contribution in [0.15, 0.2) is 36.4 Å². The van der Waals surface area contributed by atoms with Gasteiger partial charge in [-0.05, 0) is 26.0 Å². The molecule has 22 heavy (non-hydrogen) atoms. The zero-order valence-corrected chi connectivity index (χ0v) is 12.2. The summed E-state index contributed by atoms with van der Waals surface area (Å²) < 4.78 is 44.8. The summed E-state index contributed by atoms with van der Waals surface area (Å²) in [5.74, 6) is -2.65. The number of hydrogen-bond acceptors (Lipinski definition) is 4. The molecule has 7 heteroatoms. The van der Waals surface area contributed by atoms with E-state index in [0.29, 0.717) is 5.52 Å². The van der Waals surface area contributed by atoms with Crippen molar-refractivity contribution in [3.63, 3.8) is 0 Å². The zero-order chi connectivity index (χ0) is 16.6. The Morgan fingerprint density at radius 1 is 1.09 bits per heavy atom. The molecule has 1 heterocycles. The Kier molecular flexibility index (Phi) is 6.78. The molecule has 0 saturated carbocycles. The summed E-state index contributed by atoms with van der Waals surface area (Å²) in [5, 5.41) is 0.749. The first-order chi connectivity index (χ1) is 10.4. The number of rotatable bonds is 3. The summed E-state index contributed by atoms with van der Waals surface area (Å²) in [4.78, 5) is 14.4. The van der Waals surface area contributed by atoms with E-state index in [-0.39, 0.29) is 5.88 Å². The number of hydrogen-bond donors (Lipinski definition) is 0. The Balaban J connectivity index is 0.000000422. The van der Waals surface area contributed by atoms with Gasteiger partial charge in [0.05, 0.1) is 5.52 Å². The number of alkyl halides is 3. The predicted octanol–water partition coefficient (Wildman–Crippen LogP) is 3.75. The molecular formula is C15H16F3NO3. The third-order valence-electron chi connectivity index (χ3n) is 2.41. The number of ether oxygens (including phenoxy) is 2. The average molecular weight is 315 g/mol. The molecule has 0 amide bonds. The minimum Gasteiger partial charge on any atom is -0.401 e. The van der Waals surface area contributed by atoms with Crippen molar-refractivity contribution >= 4 is 16.9 Å². The van der Waals surface area contributed by atoms with Crippen LogP contribution in [0.4, 0.5) is 13.2 Å². The van der Waals surface area contributed by atoms with Crippen LogP contribution < -0.4 is 4.74 Å². The van der Waals surface area contributed by atoms with Crippen molar-refractivity contribution in [2.45, 2.75) is 20.0 Å². The van der Waals surface area contributed by atoms with Crippen LogP contribution in [0.25, 0.3) is 10.9 Å². The first-order valence-corrected chi connectivity index (χ1v) is 6.61. The van der Waals surface area contributed by atoms with E-state index in [2.05, 4.69) is 9.72 Å². The maximum absolute atomic E-state index is 11.9. The van der Waals surface area contributed by atoms with Crippen molar-refractivity contribution in [2.75, 3.05) is 13.2 Å². The monoisotopic (exact) mass is 315 g/mol. The first kappa shape index (κ1) is 17.9. The van der Waals surface area contributed by atoms with Crippen molar-refractivity contribution in [1.82, 2.24) is 4.98 Å². The van der Waals surface area contributed by atoms with Crippen LogP contribution in [0.1, 0.15) is 13.8 Å². The molecule has 0 bridgehead atoms. The summed E-state index contributed by atoms with van der Waals surface area (Å²) in [6, 6.07) is 9.56. The van der Waals surface area contributed by atoms with E-state index in [1.54, 1.807) is 24.3 Å². The third-order valence-corrected chi connectivity index (χ3v) is 2.41. The average Bonchev–Trinajstić information content (AvgIpc) is 2.47. The van der Waals surface area contributed by atoms with Crippen molar-refractivity contribution in [3.05, 3.63) is 36.4 Å². The van der Waals surface area contributed by atoms with Crippen LogP contribution >= 0.6 is 0 Å². The molecule has 1 aromatic carbocycles. The van der Waals surface area contributed by atoms with E-state index < -0.39 is 12.1 Å². The van der Waals surface area contributed by atoms with Crippen LogP contribution in [0.3, 0.4) is 0 Å². The van der Waals surface area contributed by atoms with Crippen LogP contribution in [-0.2, 0) is 9.53 Å². The van der Waals surface area contributed by atoms with Gasteiger partial charge in [-0.1, -0.05) is 18.2 Å². The van der Waals surface area contributed by atoms with Crippen LogP contribution in [0.5, 0.6) is 5.88 Å². The van der Waals surface area contributed by atoms with Crippen molar-refractivity contribution < 1.29 is 27.4 Å². The lowest BCUT2D eigenvalue weighted by Gasteiger charge is -2.06. The summed E-state index contributed by atoms with van der Waals surface area (Å²) >= 11 is 0. The first-order valence-electron chi connectivity index (χ1n) is 6.61. The molecule has 0 N–H and O–H groups in total. The van der Waals surface area contributed by atoms with Gasteiger partial charge in [-0.2, -0.15) is 13.2 Å². The smallest absolute Gasteiger partial charge is 0.401 e.